The van der Waals surface area contributed by atoms with Gasteiger partial charge in [-0.25, -0.2) is 0 Å². The van der Waals surface area contributed by atoms with Crippen molar-refractivity contribution in [1.82, 2.24) is 5.32 Å². The van der Waals surface area contributed by atoms with Crippen molar-refractivity contribution in [3.63, 3.8) is 0 Å². The average Bonchev–Trinajstić information content (AvgIpc) is 3.20. The Balaban J connectivity index is 2.01. The van der Waals surface area contributed by atoms with Gasteiger partial charge < -0.3 is 5.32 Å². The lowest BCUT2D eigenvalue weighted by molar-refractivity contribution is 0.339. The third-order valence-electron chi connectivity index (χ3n) is 4.05. The number of hydrogen-bond acceptors (Lipinski definition) is 1. The third kappa shape index (κ3) is 3.83. The molecular weight excluding hydrogens is 286 g/mol. The molecule has 0 heterocycles. The summed E-state index contributed by atoms with van der Waals surface area (Å²) in [6, 6.07) is 9.24. The van der Waals surface area contributed by atoms with E-state index >= 15 is 0 Å². The van der Waals surface area contributed by atoms with Crippen molar-refractivity contribution in [3.8, 4) is 0 Å². The van der Waals surface area contributed by atoms with Crippen LogP contribution in [0.25, 0.3) is 0 Å². The SMILES string of the molecule is CCCNC(Cc1ccccc1Br)C(C)C1CC1. The molecule has 100 valence electrons. The highest BCUT2D eigenvalue weighted by molar-refractivity contribution is 9.10. The largest absolute Gasteiger partial charge is 0.313 e. The lowest BCUT2D eigenvalue weighted by Crippen LogP contribution is -2.38. The van der Waals surface area contributed by atoms with Gasteiger partial charge in [0, 0.05) is 10.5 Å². The van der Waals surface area contributed by atoms with Crippen LogP contribution in [0, 0.1) is 11.8 Å². The van der Waals surface area contributed by atoms with Crippen LogP contribution in [-0.4, -0.2) is 12.6 Å². The molecule has 0 spiro atoms. The van der Waals surface area contributed by atoms with Crippen LogP contribution in [0.3, 0.4) is 0 Å². The van der Waals surface area contributed by atoms with Crippen LogP contribution < -0.4 is 5.32 Å². The van der Waals surface area contributed by atoms with E-state index in [0.29, 0.717) is 6.04 Å². The minimum atomic E-state index is 0.621. The number of halogens is 1. The Morgan fingerprint density at radius 2 is 2.06 bits per heavy atom. The molecule has 0 amide bonds. The van der Waals surface area contributed by atoms with Gasteiger partial charge in [-0.05, 0) is 55.7 Å². The molecule has 1 aromatic rings. The topological polar surface area (TPSA) is 12.0 Å². The van der Waals surface area contributed by atoms with Crippen molar-refractivity contribution in [2.75, 3.05) is 6.54 Å². The fraction of sp³-hybridized carbons (Fsp3) is 0.625. The molecule has 0 aromatic heterocycles. The molecule has 0 bridgehead atoms. The highest BCUT2D eigenvalue weighted by Crippen LogP contribution is 2.39. The molecule has 1 aliphatic rings. The van der Waals surface area contributed by atoms with Gasteiger partial charge in [0.05, 0.1) is 0 Å². The molecule has 1 aromatic carbocycles. The van der Waals surface area contributed by atoms with Crippen molar-refractivity contribution in [2.24, 2.45) is 11.8 Å². The van der Waals surface area contributed by atoms with Gasteiger partial charge in [-0.15, -0.1) is 0 Å². The first-order valence-electron chi connectivity index (χ1n) is 7.19. The standard InChI is InChI=1S/C16H24BrN/c1-3-10-18-16(12(2)13-8-9-13)11-14-6-4-5-7-15(14)17/h4-7,12-13,16,18H,3,8-11H2,1-2H3. The molecule has 18 heavy (non-hydrogen) atoms. The van der Waals surface area contributed by atoms with E-state index in [2.05, 4.69) is 59.4 Å². The predicted molar refractivity (Wildman–Crippen MR) is 81.8 cm³/mol. The van der Waals surface area contributed by atoms with Crippen molar-refractivity contribution in [1.29, 1.82) is 0 Å². The van der Waals surface area contributed by atoms with Crippen LogP contribution >= 0.6 is 15.9 Å². The lowest BCUT2D eigenvalue weighted by atomic mass is 9.91. The second kappa shape index (κ2) is 6.72. The molecule has 0 aliphatic heterocycles. The monoisotopic (exact) mass is 309 g/mol. The molecule has 1 N–H and O–H groups in total. The molecule has 2 atom stereocenters. The molecule has 2 unspecified atom stereocenters. The summed E-state index contributed by atoms with van der Waals surface area (Å²) in [6.07, 6.45) is 5.21. The van der Waals surface area contributed by atoms with Crippen molar-refractivity contribution < 1.29 is 0 Å². The van der Waals surface area contributed by atoms with E-state index in [-0.39, 0.29) is 0 Å². The van der Waals surface area contributed by atoms with Crippen molar-refractivity contribution in [2.45, 2.75) is 45.6 Å². The van der Waals surface area contributed by atoms with Crippen LogP contribution in [0.2, 0.25) is 0 Å². The summed E-state index contributed by atoms with van der Waals surface area (Å²) >= 11 is 3.67. The Kier molecular flexibility index (Phi) is 5.25. The van der Waals surface area contributed by atoms with E-state index in [1.807, 2.05) is 0 Å². The molecule has 0 radical (unpaired) electrons. The van der Waals surface area contributed by atoms with Gasteiger partial charge in [0.1, 0.15) is 0 Å². The normalized spacial score (nSPS) is 18.6. The zero-order chi connectivity index (χ0) is 13.0. The fourth-order valence-corrected chi connectivity index (χ4v) is 3.07. The third-order valence-corrected chi connectivity index (χ3v) is 4.83. The second-order valence-corrected chi connectivity index (χ2v) is 6.41. The van der Waals surface area contributed by atoms with Gasteiger partial charge in [0.2, 0.25) is 0 Å². The number of rotatable bonds is 7. The predicted octanol–water partition coefficient (Wildman–Crippen LogP) is 4.41. The van der Waals surface area contributed by atoms with Gasteiger partial charge in [-0.2, -0.15) is 0 Å². The van der Waals surface area contributed by atoms with E-state index in [9.17, 15) is 0 Å². The molecular formula is C16H24BrN. The van der Waals surface area contributed by atoms with Crippen molar-refractivity contribution >= 4 is 15.9 Å². The minimum Gasteiger partial charge on any atom is -0.313 e. The Bertz CT molecular complexity index is 373. The van der Waals surface area contributed by atoms with E-state index < -0.39 is 0 Å². The summed E-state index contributed by atoms with van der Waals surface area (Å²) in [5.41, 5.74) is 1.43. The summed E-state index contributed by atoms with van der Waals surface area (Å²) < 4.78 is 1.25. The molecule has 2 rings (SSSR count). The van der Waals surface area contributed by atoms with E-state index in [1.165, 1.54) is 29.3 Å². The Labute approximate surface area is 119 Å². The second-order valence-electron chi connectivity index (χ2n) is 5.55. The first kappa shape index (κ1) is 14.1. The molecule has 0 saturated heterocycles. The summed E-state index contributed by atoms with van der Waals surface area (Å²) in [5.74, 6) is 1.76. The van der Waals surface area contributed by atoms with Gasteiger partial charge in [-0.1, -0.05) is 48.0 Å². The van der Waals surface area contributed by atoms with Crippen LogP contribution in [0.4, 0.5) is 0 Å². The lowest BCUT2D eigenvalue weighted by Gasteiger charge is -2.26. The Hall–Kier alpha value is -0.340. The maximum Gasteiger partial charge on any atom is 0.0207 e. The van der Waals surface area contributed by atoms with E-state index in [4.69, 9.17) is 0 Å². The van der Waals surface area contributed by atoms with Gasteiger partial charge in [0.25, 0.3) is 0 Å². The number of nitrogens with one attached hydrogen (secondary N) is 1. The average molecular weight is 310 g/mol. The Morgan fingerprint density at radius 3 is 2.67 bits per heavy atom. The first-order chi connectivity index (χ1) is 8.72. The molecule has 1 fully saturated rings. The molecule has 2 heteroatoms. The van der Waals surface area contributed by atoms with Crippen LogP contribution in [0.5, 0.6) is 0 Å². The first-order valence-corrected chi connectivity index (χ1v) is 7.98. The van der Waals surface area contributed by atoms with Crippen LogP contribution in [-0.2, 0) is 6.42 Å². The van der Waals surface area contributed by atoms with Crippen molar-refractivity contribution in [3.05, 3.63) is 34.3 Å². The van der Waals surface area contributed by atoms with Gasteiger partial charge in [0.15, 0.2) is 0 Å². The van der Waals surface area contributed by atoms with E-state index in [0.717, 1.165) is 24.8 Å². The van der Waals surface area contributed by atoms with Crippen LogP contribution in [0.15, 0.2) is 28.7 Å². The molecule has 1 saturated carbocycles. The Morgan fingerprint density at radius 1 is 1.33 bits per heavy atom. The highest BCUT2D eigenvalue weighted by Gasteiger charge is 2.33. The number of hydrogen-bond donors (Lipinski definition) is 1. The maximum absolute atomic E-state index is 3.75. The number of benzene rings is 1. The van der Waals surface area contributed by atoms with Gasteiger partial charge in [-0.3, -0.25) is 0 Å². The van der Waals surface area contributed by atoms with Crippen LogP contribution in [0.1, 0.15) is 38.7 Å². The smallest absolute Gasteiger partial charge is 0.0207 e. The van der Waals surface area contributed by atoms with E-state index in [1.54, 1.807) is 0 Å². The van der Waals surface area contributed by atoms with Gasteiger partial charge >= 0.3 is 0 Å². The summed E-state index contributed by atoms with van der Waals surface area (Å²) in [7, 11) is 0. The quantitative estimate of drug-likeness (QED) is 0.787. The summed E-state index contributed by atoms with van der Waals surface area (Å²) in [5, 5.41) is 3.75. The molecule has 1 aliphatic carbocycles. The fourth-order valence-electron chi connectivity index (χ4n) is 2.63. The zero-order valence-electron chi connectivity index (χ0n) is 11.5. The summed E-state index contributed by atoms with van der Waals surface area (Å²) in [6.45, 7) is 5.79. The summed E-state index contributed by atoms with van der Waals surface area (Å²) in [4.78, 5) is 0. The highest BCUT2D eigenvalue weighted by atomic mass is 79.9. The zero-order valence-corrected chi connectivity index (χ0v) is 13.0. The minimum absolute atomic E-state index is 0.621. The molecule has 1 nitrogen and oxygen atoms in total. The maximum atomic E-state index is 3.75.